The van der Waals surface area contributed by atoms with Crippen LogP contribution in [0.1, 0.15) is 50.6 Å². The first-order chi connectivity index (χ1) is 22.8. The van der Waals surface area contributed by atoms with Gasteiger partial charge in [0.2, 0.25) is 5.95 Å². The topological polar surface area (TPSA) is 158 Å². The molecule has 0 radical (unpaired) electrons. The van der Waals surface area contributed by atoms with Crippen LogP contribution in [0.2, 0.25) is 5.15 Å². The highest BCUT2D eigenvalue weighted by molar-refractivity contribution is 6.33. The summed E-state index contributed by atoms with van der Waals surface area (Å²) in [4.78, 5) is 52.7. The molecule has 3 heterocycles. The number of nitrogens with two attached hydrogens (primary N) is 1. The molecular weight excluding hydrogens is 626 g/mol. The summed E-state index contributed by atoms with van der Waals surface area (Å²) >= 11 is 6.30. The van der Waals surface area contributed by atoms with Gasteiger partial charge in [-0.2, -0.15) is 9.97 Å². The highest BCUT2D eigenvalue weighted by atomic mass is 35.5. The third kappa shape index (κ3) is 7.08. The first kappa shape index (κ1) is 31.6. The molecule has 0 aliphatic carbocycles. The fourth-order valence-corrected chi connectivity index (χ4v) is 5.64. The van der Waals surface area contributed by atoms with Gasteiger partial charge < -0.3 is 24.7 Å². The molecule has 5 aromatic rings. The quantitative estimate of drug-likeness (QED) is 0.131. The van der Waals surface area contributed by atoms with Gasteiger partial charge in [0, 0.05) is 5.92 Å². The number of halogens is 1. The number of carbonyl (C=O) groups is 3. The van der Waals surface area contributed by atoms with Crippen LogP contribution in [0.4, 0.5) is 5.95 Å². The molecule has 2 N–H and O–H groups in total. The number of rotatable bonds is 8. The van der Waals surface area contributed by atoms with Gasteiger partial charge in [0.25, 0.3) is 0 Å². The zero-order valence-corrected chi connectivity index (χ0v) is 25.9. The van der Waals surface area contributed by atoms with E-state index < -0.39 is 48.4 Å². The number of nitrogen functional groups attached to an aromatic ring is 1. The molecule has 1 saturated heterocycles. The van der Waals surface area contributed by atoms with E-state index in [0.717, 1.165) is 0 Å². The van der Waals surface area contributed by atoms with Gasteiger partial charge in [-0.25, -0.2) is 19.4 Å². The number of benzene rings is 3. The van der Waals surface area contributed by atoms with Crippen LogP contribution < -0.4 is 5.73 Å². The molecule has 6 rings (SSSR count). The smallest absolute Gasteiger partial charge is 0.338 e. The van der Waals surface area contributed by atoms with Gasteiger partial charge in [0.05, 0.1) is 23.0 Å². The number of aromatic nitrogens is 4. The molecule has 2 unspecified atom stereocenters. The summed E-state index contributed by atoms with van der Waals surface area (Å²) in [5, 5.41) is 0.0607. The maximum Gasteiger partial charge on any atom is 0.338 e. The summed E-state index contributed by atoms with van der Waals surface area (Å²) in [7, 11) is 0. The monoisotopic (exact) mass is 655 g/mol. The summed E-state index contributed by atoms with van der Waals surface area (Å²) in [6.45, 7) is 1.49. The molecule has 1 aliphatic heterocycles. The third-order valence-electron chi connectivity index (χ3n) is 7.76. The molecule has 0 amide bonds. The van der Waals surface area contributed by atoms with Crippen LogP contribution in [0.5, 0.6) is 0 Å². The zero-order chi connectivity index (χ0) is 32.9. The molecule has 47 heavy (non-hydrogen) atoms. The lowest BCUT2D eigenvalue weighted by Gasteiger charge is -2.32. The SMILES string of the molecule is C[C@H]1CC(n2cnc3c(Cl)nc(N)nc32)OC(COC(=O)c2ccccc2)[C@@H](OC(=O)c2ccccc2)[C@H]1OC(=O)c1ccccc1. The van der Waals surface area contributed by atoms with Gasteiger partial charge in [0.15, 0.2) is 16.9 Å². The van der Waals surface area contributed by atoms with Gasteiger partial charge in [-0.05, 0) is 42.8 Å². The average molecular weight is 656 g/mol. The molecule has 1 aliphatic rings. The highest BCUT2D eigenvalue weighted by Crippen LogP contribution is 2.36. The Hall–Kier alpha value is -5.33. The Morgan fingerprint density at radius 2 is 1.36 bits per heavy atom. The van der Waals surface area contributed by atoms with Gasteiger partial charge in [-0.15, -0.1) is 0 Å². The lowest BCUT2D eigenvalue weighted by atomic mass is 9.94. The van der Waals surface area contributed by atoms with E-state index in [2.05, 4.69) is 15.0 Å². The minimum absolute atomic E-state index is 0.0607. The molecule has 12 nitrogen and oxygen atoms in total. The molecule has 1 fully saturated rings. The number of hydrogen-bond donors (Lipinski definition) is 1. The standard InChI is InChI=1S/C34H30ClN5O7/c1-20-17-25(40-19-37-26-29(35)38-34(36)39-30(26)40)45-24(18-44-31(41)21-11-5-2-6-12-21)28(47-33(43)23-15-9-4-10-16-23)27(20)46-32(42)22-13-7-3-8-14-22/h2-16,19-20,24-25,27-28H,17-18H2,1H3,(H2,36,38,39)/t20-,24?,25?,27-,28+/m0/s1. The summed E-state index contributed by atoms with van der Waals surface area (Å²) in [6, 6.07) is 25.3. The van der Waals surface area contributed by atoms with E-state index >= 15 is 0 Å². The van der Waals surface area contributed by atoms with Gasteiger partial charge in [-0.3, -0.25) is 4.57 Å². The second-order valence-corrected chi connectivity index (χ2v) is 11.3. The van der Waals surface area contributed by atoms with E-state index in [1.54, 1.807) is 95.6 Å². The summed E-state index contributed by atoms with van der Waals surface area (Å²) in [6.07, 6.45) is -2.46. The second kappa shape index (κ2) is 14.0. The van der Waals surface area contributed by atoms with E-state index in [1.807, 2.05) is 6.92 Å². The molecule has 5 atom stereocenters. The van der Waals surface area contributed by atoms with Crippen LogP contribution in [0.25, 0.3) is 11.2 Å². The Bertz CT molecular complexity index is 1870. The predicted molar refractivity (Wildman–Crippen MR) is 170 cm³/mol. The van der Waals surface area contributed by atoms with Crippen LogP contribution in [0.3, 0.4) is 0 Å². The predicted octanol–water partition coefficient (Wildman–Crippen LogP) is 5.29. The number of carbonyl (C=O) groups excluding carboxylic acids is 3. The first-order valence-electron chi connectivity index (χ1n) is 14.8. The average Bonchev–Trinajstić information content (AvgIpc) is 3.47. The normalized spacial score (nSPS) is 21.0. The van der Waals surface area contributed by atoms with Crippen molar-refractivity contribution in [1.29, 1.82) is 0 Å². The molecule has 0 bridgehead atoms. The summed E-state index contributed by atoms with van der Waals surface area (Å²) in [5.41, 5.74) is 7.41. The Balaban J connectivity index is 1.40. The number of imidazole rings is 1. The number of anilines is 1. The van der Waals surface area contributed by atoms with Crippen molar-refractivity contribution in [2.24, 2.45) is 5.92 Å². The van der Waals surface area contributed by atoms with Crippen molar-refractivity contribution in [3.05, 3.63) is 119 Å². The van der Waals surface area contributed by atoms with E-state index in [-0.39, 0.29) is 29.7 Å². The number of nitrogens with zero attached hydrogens (tertiary/aromatic N) is 4. The van der Waals surface area contributed by atoms with Crippen molar-refractivity contribution in [3.8, 4) is 0 Å². The van der Waals surface area contributed by atoms with Crippen molar-refractivity contribution < 1.29 is 33.3 Å². The maximum atomic E-state index is 13.5. The van der Waals surface area contributed by atoms with Gasteiger partial charge in [-0.1, -0.05) is 73.1 Å². The van der Waals surface area contributed by atoms with Crippen molar-refractivity contribution in [2.75, 3.05) is 12.3 Å². The third-order valence-corrected chi connectivity index (χ3v) is 8.02. The first-order valence-corrected chi connectivity index (χ1v) is 15.2. The number of esters is 3. The highest BCUT2D eigenvalue weighted by Gasteiger charge is 2.46. The Morgan fingerprint density at radius 3 is 1.94 bits per heavy atom. The molecule has 2 aromatic heterocycles. The lowest BCUT2D eigenvalue weighted by molar-refractivity contribution is -0.135. The van der Waals surface area contributed by atoms with Crippen LogP contribution in [-0.2, 0) is 18.9 Å². The van der Waals surface area contributed by atoms with Crippen LogP contribution in [0.15, 0.2) is 97.3 Å². The van der Waals surface area contributed by atoms with Gasteiger partial charge >= 0.3 is 17.9 Å². The van der Waals surface area contributed by atoms with E-state index in [4.69, 9.17) is 36.3 Å². The van der Waals surface area contributed by atoms with Crippen LogP contribution >= 0.6 is 11.6 Å². The maximum absolute atomic E-state index is 13.5. The fraction of sp³-hybridized carbons (Fsp3) is 0.235. The van der Waals surface area contributed by atoms with E-state index in [1.165, 1.54) is 6.33 Å². The van der Waals surface area contributed by atoms with Crippen molar-refractivity contribution in [2.45, 2.75) is 37.9 Å². The Labute approximate surface area is 274 Å². The lowest BCUT2D eigenvalue weighted by Crippen LogP contribution is -2.48. The largest absolute Gasteiger partial charge is 0.459 e. The minimum atomic E-state index is -1.21. The Morgan fingerprint density at radius 1 is 0.830 bits per heavy atom. The molecular formula is C34H30ClN5O7. The molecule has 3 aromatic carbocycles. The number of ether oxygens (including phenoxy) is 4. The summed E-state index contributed by atoms with van der Waals surface area (Å²) < 4.78 is 26.1. The van der Waals surface area contributed by atoms with E-state index in [9.17, 15) is 14.4 Å². The Kier molecular flexibility index (Phi) is 9.41. The van der Waals surface area contributed by atoms with Crippen LogP contribution in [0, 0.1) is 5.92 Å². The van der Waals surface area contributed by atoms with Crippen molar-refractivity contribution >= 4 is 46.6 Å². The summed E-state index contributed by atoms with van der Waals surface area (Å²) in [5.74, 6) is -2.45. The molecule has 240 valence electrons. The number of fused-ring (bicyclic) bond motifs is 1. The van der Waals surface area contributed by atoms with Crippen LogP contribution in [-0.4, -0.2) is 62.3 Å². The van der Waals surface area contributed by atoms with E-state index in [0.29, 0.717) is 22.3 Å². The van der Waals surface area contributed by atoms with Gasteiger partial charge in [0.1, 0.15) is 30.6 Å². The second-order valence-electron chi connectivity index (χ2n) is 11.0. The molecule has 0 spiro atoms. The molecule has 0 saturated carbocycles. The van der Waals surface area contributed by atoms with Crippen molar-refractivity contribution in [1.82, 2.24) is 19.5 Å². The minimum Gasteiger partial charge on any atom is -0.459 e. The van der Waals surface area contributed by atoms with Crippen molar-refractivity contribution in [3.63, 3.8) is 0 Å². The zero-order valence-electron chi connectivity index (χ0n) is 25.1. The number of hydrogen-bond acceptors (Lipinski definition) is 11. The fourth-order valence-electron chi connectivity index (χ4n) is 5.42. The molecule has 13 heteroatoms.